The summed E-state index contributed by atoms with van der Waals surface area (Å²) < 4.78 is 11.8. The standard InChI is InChI=1S/C6H10FN/c7-5-6-3-1-2-4-8-6/h1-2,6,8H,3-5H2/t6-/m0/s1. The lowest BCUT2D eigenvalue weighted by atomic mass is 10.2. The van der Waals surface area contributed by atoms with Crippen molar-refractivity contribution in [3.8, 4) is 0 Å². The van der Waals surface area contributed by atoms with Gasteiger partial charge in [0, 0.05) is 12.6 Å². The van der Waals surface area contributed by atoms with E-state index in [-0.39, 0.29) is 12.7 Å². The molecule has 1 aliphatic heterocycles. The Labute approximate surface area is 48.6 Å². The Morgan fingerprint density at radius 1 is 1.62 bits per heavy atom. The molecule has 1 N–H and O–H groups in total. The van der Waals surface area contributed by atoms with Crippen LogP contribution in [-0.4, -0.2) is 19.3 Å². The van der Waals surface area contributed by atoms with E-state index in [1.54, 1.807) is 0 Å². The SMILES string of the molecule is FC[C@@H]1CC=CCN1. The molecule has 0 amide bonds. The second kappa shape index (κ2) is 2.82. The van der Waals surface area contributed by atoms with Gasteiger partial charge in [-0.2, -0.15) is 0 Å². The van der Waals surface area contributed by atoms with E-state index in [1.807, 2.05) is 12.2 Å². The van der Waals surface area contributed by atoms with Gasteiger partial charge in [-0.15, -0.1) is 0 Å². The summed E-state index contributed by atoms with van der Waals surface area (Å²) in [6.07, 6.45) is 4.88. The van der Waals surface area contributed by atoms with Gasteiger partial charge in [-0.25, -0.2) is 4.39 Å². The van der Waals surface area contributed by atoms with Crippen LogP contribution in [0.1, 0.15) is 6.42 Å². The van der Waals surface area contributed by atoms with Crippen molar-refractivity contribution in [3.63, 3.8) is 0 Å². The van der Waals surface area contributed by atoms with Crippen LogP contribution in [0.5, 0.6) is 0 Å². The Morgan fingerprint density at radius 3 is 2.88 bits per heavy atom. The normalized spacial score (nSPS) is 28.4. The van der Waals surface area contributed by atoms with Crippen LogP contribution in [0.25, 0.3) is 0 Å². The molecule has 0 aromatic carbocycles. The van der Waals surface area contributed by atoms with Crippen molar-refractivity contribution in [1.29, 1.82) is 0 Å². The van der Waals surface area contributed by atoms with Gasteiger partial charge in [-0.1, -0.05) is 12.2 Å². The minimum absolute atomic E-state index is 0.0833. The number of hydrogen-bond acceptors (Lipinski definition) is 1. The summed E-state index contributed by atoms with van der Waals surface area (Å²) in [4.78, 5) is 0. The topological polar surface area (TPSA) is 12.0 Å². The molecule has 0 unspecified atom stereocenters. The maximum Gasteiger partial charge on any atom is 0.105 e. The molecule has 0 aromatic rings. The van der Waals surface area contributed by atoms with Crippen LogP contribution in [0.2, 0.25) is 0 Å². The zero-order valence-corrected chi connectivity index (χ0v) is 4.73. The van der Waals surface area contributed by atoms with E-state index in [1.165, 1.54) is 0 Å². The first-order valence-corrected chi connectivity index (χ1v) is 2.88. The fourth-order valence-corrected chi connectivity index (χ4v) is 0.779. The van der Waals surface area contributed by atoms with Gasteiger partial charge in [0.2, 0.25) is 0 Å². The van der Waals surface area contributed by atoms with Gasteiger partial charge in [-0.05, 0) is 6.42 Å². The maximum absolute atomic E-state index is 11.8. The Morgan fingerprint density at radius 2 is 2.50 bits per heavy atom. The molecule has 0 saturated carbocycles. The predicted octanol–water partition coefficient (Wildman–Crippen LogP) is 0.874. The van der Waals surface area contributed by atoms with Crippen LogP contribution >= 0.6 is 0 Å². The highest BCUT2D eigenvalue weighted by Gasteiger charge is 2.05. The molecule has 1 nitrogen and oxygen atoms in total. The van der Waals surface area contributed by atoms with Crippen LogP contribution < -0.4 is 5.32 Å². The third-order valence-corrected chi connectivity index (χ3v) is 1.30. The second-order valence-electron chi connectivity index (χ2n) is 1.97. The molecule has 1 heterocycles. The monoisotopic (exact) mass is 115 g/mol. The van der Waals surface area contributed by atoms with Crippen molar-refractivity contribution < 1.29 is 4.39 Å². The van der Waals surface area contributed by atoms with Gasteiger partial charge >= 0.3 is 0 Å². The summed E-state index contributed by atoms with van der Waals surface area (Å²) >= 11 is 0. The van der Waals surface area contributed by atoms with Gasteiger partial charge in [0.15, 0.2) is 0 Å². The quantitative estimate of drug-likeness (QED) is 0.500. The molecule has 8 heavy (non-hydrogen) atoms. The van der Waals surface area contributed by atoms with Crippen molar-refractivity contribution in [1.82, 2.24) is 5.32 Å². The van der Waals surface area contributed by atoms with Gasteiger partial charge in [-0.3, -0.25) is 0 Å². The maximum atomic E-state index is 11.8. The van der Waals surface area contributed by atoms with Crippen LogP contribution in [0.15, 0.2) is 12.2 Å². The van der Waals surface area contributed by atoms with E-state index in [2.05, 4.69) is 5.32 Å². The van der Waals surface area contributed by atoms with E-state index >= 15 is 0 Å². The van der Waals surface area contributed by atoms with E-state index in [0.29, 0.717) is 0 Å². The summed E-state index contributed by atoms with van der Waals surface area (Å²) in [7, 11) is 0. The molecule has 0 aliphatic carbocycles. The molecular formula is C6H10FN. The Hall–Kier alpha value is -0.370. The average Bonchev–Trinajstić information content (AvgIpc) is 1.90. The minimum atomic E-state index is -0.246. The Balaban J connectivity index is 2.27. The van der Waals surface area contributed by atoms with Crippen molar-refractivity contribution in [2.45, 2.75) is 12.5 Å². The summed E-state index contributed by atoms with van der Waals surface area (Å²) in [6.45, 7) is 0.582. The van der Waals surface area contributed by atoms with Crippen molar-refractivity contribution in [2.75, 3.05) is 13.2 Å². The number of nitrogens with one attached hydrogen (secondary N) is 1. The minimum Gasteiger partial charge on any atom is -0.308 e. The molecular weight excluding hydrogens is 105 g/mol. The molecule has 1 rings (SSSR count). The van der Waals surface area contributed by atoms with Crippen LogP contribution in [0, 0.1) is 0 Å². The Bertz CT molecular complexity index is 90.5. The third-order valence-electron chi connectivity index (χ3n) is 1.30. The lowest BCUT2D eigenvalue weighted by Crippen LogP contribution is -2.32. The highest BCUT2D eigenvalue weighted by atomic mass is 19.1. The van der Waals surface area contributed by atoms with Crippen molar-refractivity contribution in [2.24, 2.45) is 0 Å². The molecule has 1 aliphatic rings. The van der Waals surface area contributed by atoms with Crippen LogP contribution in [0.3, 0.4) is 0 Å². The van der Waals surface area contributed by atoms with Crippen LogP contribution in [0.4, 0.5) is 4.39 Å². The molecule has 1 atom stereocenters. The number of halogens is 1. The second-order valence-corrected chi connectivity index (χ2v) is 1.97. The first-order valence-electron chi connectivity index (χ1n) is 2.88. The fourth-order valence-electron chi connectivity index (χ4n) is 0.779. The largest absolute Gasteiger partial charge is 0.308 e. The van der Waals surface area contributed by atoms with E-state index in [4.69, 9.17) is 0 Å². The average molecular weight is 115 g/mol. The molecule has 2 heteroatoms. The summed E-state index contributed by atoms with van der Waals surface area (Å²) in [5, 5.41) is 3.01. The van der Waals surface area contributed by atoms with Gasteiger partial charge < -0.3 is 5.32 Å². The van der Waals surface area contributed by atoms with E-state index in [9.17, 15) is 4.39 Å². The molecule has 46 valence electrons. The Kier molecular flexibility index (Phi) is 2.03. The zero-order chi connectivity index (χ0) is 5.82. The first-order chi connectivity index (χ1) is 3.93. The molecule has 0 saturated heterocycles. The first kappa shape index (κ1) is 5.76. The number of rotatable bonds is 1. The van der Waals surface area contributed by atoms with Gasteiger partial charge in [0.05, 0.1) is 0 Å². The molecule has 0 bridgehead atoms. The zero-order valence-electron chi connectivity index (χ0n) is 4.73. The van der Waals surface area contributed by atoms with Crippen LogP contribution in [-0.2, 0) is 0 Å². The lowest BCUT2D eigenvalue weighted by Gasteiger charge is -2.14. The van der Waals surface area contributed by atoms with Gasteiger partial charge in [0.1, 0.15) is 6.67 Å². The molecule has 0 spiro atoms. The predicted molar refractivity (Wildman–Crippen MR) is 31.5 cm³/mol. The van der Waals surface area contributed by atoms with Gasteiger partial charge in [0.25, 0.3) is 0 Å². The summed E-state index contributed by atoms with van der Waals surface area (Å²) in [5.41, 5.74) is 0. The molecule has 0 aromatic heterocycles. The highest BCUT2D eigenvalue weighted by Crippen LogP contribution is 1.98. The van der Waals surface area contributed by atoms with E-state index in [0.717, 1.165) is 13.0 Å². The number of hydrogen-bond donors (Lipinski definition) is 1. The lowest BCUT2D eigenvalue weighted by molar-refractivity contribution is 0.379. The third kappa shape index (κ3) is 1.30. The van der Waals surface area contributed by atoms with Crippen molar-refractivity contribution in [3.05, 3.63) is 12.2 Å². The smallest absolute Gasteiger partial charge is 0.105 e. The molecule has 0 radical (unpaired) electrons. The highest BCUT2D eigenvalue weighted by molar-refractivity contribution is 4.93. The number of alkyl halides is 1. The van der Waals surface area contributed by atoms with Crippen molar-refractivity contribution >= 4 is 0 Å². The summed E-state index contributed by atoms with van der Waals surface area (Å²) in [6, 6.07) is 0.0833. The fraction of sp³-hybridized carbons (Fsp3) is 0.667. The summed E-state index contributed by atoms with van der Waals surface area (Å²) in [5.74, 6) is 0. The molecule has 0 fully saturated rings. The van der Waals surface area contributed by atoms with E-state index < -0.39 is 0 Å².